The first-order valence-electron chi connectivity index (χ1n) is 6.70. The highest BCUT2D eigenvalue weighted by molar-refractivity contribution is 7.17. The summed E-state index contributed by atoms with van der Waals surface area (Å²) in [5.74, 6) is 0. The van der Waals surface area contributed by atoms with Crippen molar-refractivity contribution in [2.75, 3.05) is 0 Å². The molecule has 2 nitrogen and oxygen atoms in total. The Balaban J connectivity index is 1.86. The standard InChI is InChI=1S/C17H17NOS/c1-11-5-12(2)7-13(6-11)8-16(19)14-9-17-15(18-10-14)3-4-20-17/h3-7,9-10,16,19H,8H2,1-2H3. The van der Waals surface area contributed by atoms with Crippen LogP contribution in [0.2, 0.25) is 0 Å². The van der Waals surface area contributed by atoms with Crippen molar-refractivity contribution in [1.82, 2.24) is 4.98 Å². The molecule has 0 radical (unpaired) electrons. The summed E-state index contributed by atoms with van der Waals surface area (Å²) < 4.78 is 1.13. The molecule has 0 spiro atoms. The van der Waals surface area contributed by atoms with Crippen LogP contribution >= 0.6 is 11.3 Å². The Bertz CT molecular complexity index is 727. The summed E-state index contributed by atoms with van der Waals surface area (Å²) in [5, 5.41) is 12.4. The van der Waals surface area contributed by atoms with Crippen LogP contribution in [0.4, 0.5) is 0 Å². The zero-order chi connectivity index (χ0) is 14.1. The molecule has 0 aliphatic heterocycles. The lowest BCUT2D eigenvalue weighted by atomic mass is 9.99. The van der Waals surface area contributed by atoms with E-state index in [1.807, 2.05) is 17.5 Å². The maximum atomic E-state index is 10.4. The van der Waals surface area contributed by atoms with E-state index in [4.69, 9.17) is 0 Å². The maximum absolute atomic E-state index is 10.4. The van der Waals surface area contributed by atoms with E-state index in [0.29, 0.717) is 6.42 Å². The fourth-order valence-corrected chi connectivity index (χ4v) is 3.36. The topological polar surface area (TPSA) is 33.1 Å². The summed E-state index contributed by atoms with van der Waals surface area (Å²) in [6.07, 6.45) is 1.90. The highest BCUT2D eigenvalue weighted by Crippen LogP contribution is 2.25. The van der Waals surface area contributed by atoms with Gasteiger partial charge in [0.15, 0.2) is 0 Å². The second-order valence-corrected chi connectivity index (χ2v) is 6.24. The van der Waals surface area contributed by atoms with Crippen LogP contribution in [0, 0.1) is 13.8 Å². The Hall–Kier alpha value is -1.71. The fourth-order valence-electron chi connectivity index (χ4n) is 2.57. The number of aliphatic hydroxyl groups excluding tert-OH is 1. The molecule has 0 aliphatic carbocycles. The first kappa shape index (κ1) is 13.3. The van der Waals surface area contributed by atoms with Crippen LogP contribution in [0.1, 0.15) is 28.4 Å². The largest absolute Gasteiger partial charge is 0.388 e. The molecule has 3 rings (SSSR count). The number of hydrogen-bond acceptors (Lipinski definition) is 3. The molecule has 0 saturated heterocycles. The van der Waals surface area contributed by atoms with E-state index in [0.717, 1.165) is 15.8 Å². The van der Waals surface area contributed by atoms with E-state index < -0.39 is 6.10 Å². The maximum Gasteiger partial charge on any atom is 0.0845 e. The molecule has 3 aromatic rings. The number of pyridine rings is 1. The quantitative estimate of drug-likeness (QED) is 0.782. The van der Waals surface area contributed by atoms with Gasteiger partial charge in [0.2, 0.25) is 0 Å². The van der Waals surface area contributed by atoms with E-state index in [1.54, 1.807) is 17.5 Å². The number of rotatable bonds is 3. The number of hydrogen-bond donors (Lipinski definition) is 1. The van der Waals surface area contributed by atoms with Crippen molar-refractivity contribution in [2.24, 2.45) is 0 Å². The van der Waals surface area contributed by atoms with Crippen molar-refractivity contribution in [3.05, 3.63) is 64.2 Å². The molecule has 102 valence electrons. The van der Waals surface area contributed by atoms with Gasteiger partial charge in [0.25, 0.3) is 0 Å². The lowest BCUT2D eigenvalue weighted by Crippen LogP contribution is -2.02. The molecule has 0 aliphatic rings. The zero-order valence-electron chi connectivity index (χ0n) is 11.6. The van der Waals surface area contributed by atoms with Crippen LogP contribution in [0.5, 0.6) is 0 Å². The number of fused-ring (bicyclic) bond motifs is 1. The average Bonchev–Trinajstić information content (AvgIpc) is 2.84. The molecule has 0 fully saturated rings. The van der Waals surface area contributed by atoms with Gasteiger partial charge in [0, 0.05) is 18.2 Å². The van der Waals surface area contributed by atoms with E-state index in [9.17, 15) is 5.11 Å². The van der Waals surface area contributed by atoms with Gasteiger partial charge in [-0.15, -0.1) is 11.3 Å². The number of aryl methyl sites for hydroxylation is 2. The predicted octanol–water partition coefficient (Wildman–Crippen LogP) is 4.19. The molecule has 0 bridgehead atoms. The van der Waals surface area contributed by atoms with E-state index in [1.165, 1.54) is 16.7 Å². The lowest BCUT2D eigenvalue weighted by molar-refractivity contribution is 0.178. The number of aromatic nitrogens is 1. The van der Waals surface area contributed by atoms with Gasteiger partial charge in [-0.25, -0.2) is 0 Å². The van der Waals surface area contributed by atoms with Crippen LogP contribution in [0.3, 0.4) is 0 Å². The van der Waals surface area contributed by atoms with Crippen LogP contribution in [0.25, 0.3) is 10.2 Å². The van der Waals surface area contributed by atoms with E-state index in [-0.39, 0.29) is 0 Å². The van der Waals surface area contributed by atoms with Crippen LogP contribution in [-0.2, 0) is 6.42 Å². The minimum Gasteiger partial charge on any atom is -0.388 e. The van der Waals surface area contributed by atoms with Crippen molar-refractivity contribution in [1.29, 1.82) is 0 Å². The first-order valence-corrected chi connectivity index (χ1v) is 7.58. The summed E-state index contributed by atoms with van der Waals surface area (Å²) >= 11 is 1.66. The minimum absolute atomic E-state index is 0.504. The zero-order valence-corrected chi connectivity index (χ0v) is 12.4. The van der Waals surface area contributed by atoms with Crippen LogP contribution in [-0.4, -0.2) is 10.1 Å². The molecular formula is C17H17NOS. The number of thiophene rings is 1. The van der Waals surface area contributed by atoms with Gasteiger partial charge < -0.3 is 5.11 Å². The Kier molecular flexibility index (Phi) is 3.55. The van der Waals surface area contributed by atoms with Gasteiger partial charge in [-0.05, 0) is 36.9 Å². The van der Waals surface area contributed by atoms with Gasteiger partial charge in [-0.1, -0.05) is 29.3 Å². The van der Waals surface area contributed by atoms with Crippen LogP contribution in [0.15, 0.2) is 41.9 Å². The molecule has 1 unspecified atom stereocenters. The van der Waals surface area contributed by atoms with Gasteiger partial charge in [-0.2, -0.15) is 0 Å². The molecule has 1 N–H and O–H groups in total. The van der Waals surface area contributed by atoms with E-state index in [2.05, 4.69) is 37.0 Å². The Morgan fingerprint density at radius 2 is 1.90 bits per heavy atom. The third kappa shape index (κ3) is 2.74. The molecule has 3 heteroatoms. The number of aliphatic hydroxyl groups is 1. The van der Waals surface area contributed by atoms with E-state index >= 15 is 0 Å². The molecule has 2 aromatic heterocycles. The molecular weight excluding hydrogens is 266 g/mol. The second kappa shape index (κ2) is 5.35. The van der Waals surface area contributed by atoms with Gasteiger partial charge in [-0.3, -0.25) is 4.98 Å². The number of benzene rings is 1. The smallest absolute Gasteiger partial charge is 0.0845 e. The molecule has 0 amide bonds. The highest BCUT2D eigenvalue weighted by atomic mass is 32.1. The third-order valence-electron chi connectivity index (χ3n) is 3.42. The van der Waals surface area contributed by atoms with Gasteiger partial charge in [0.05, 0.1) is 16.3 Å². The second-order valence-electron chi connectivity index (χ2n) is 5.29. The molecule has 20 heavy (non-hydrogen) atoms. The summed E-state index contributed by atoms with van der Waals surface area (Å²) in [6.45, 7) is 4.17. The monoisotopic (exact) mass is 283 g/mol. The third-order valence-corrected chi connectivity index (χ3v) is 4.27. The van der Waals surface area contributed by atoms with Crippen molar-refractivity contribution in [3.8, 4) is 0 Å². The Morgan fingerprint density at radius 1 is 1.15 bits per heavy atom. The van der Waals surface area contributed by atoms with Crippen molar-refractivity contribution in [2.45, 2.75) is 26.4 Å². The predicted molar refractivity (Wildman–Crippen MR) is 84.2 cm³/mol. The molecule has 2 heterocycles. The highest BCUT2D eigenvalue weighted by Gasteiger charge is 2.11. The molecule has 0 saturated carbocycles. The minimum atomic E-state index is -0.504. The molecule has 1 atom stereocenters. The summed E-state index contributed by atoms with van der Waals surface area (Å²) in [4.78, 5) is 4.39. The Morgan fingerprint density at radius 3 is 2.65 bits per heavy atom. The van der Waals surface area contributed by atoms with Crippen molar-refractivity contribution in [3.63, 3.8) is 0 Å². The summed E-state index contributed by atoms with van der Waals surface area (Å²) in [5.41, 5.74) is 5.52. The SMILES string of the molecule is Cc1cc(C)cc(CC(O)c2cnc3ccsc3c2)c1. The first-order chi connectivity index (χ1) is 9.61. The van der Waals surface area contributed by atoms with Crippen molar-refractivity contribution >= 4 is 21.6 Å². The van der Waals surface area contributed by atoms with Gasteiger partial charge in [0.1, 0.15) is 0 Å². The fraction of sp³-hybridized carbons (Fsp3) is 0.235. The normalized spacial score (nSPS) is 12.8. The summed E-state index contributed by atoms with van der Waals surface area (Å²) in [7, 11) is 0. The molecule has 1 aromatic carbocycles. The number of nitrogens with zero attached hydrogens (tertiary/aromatic N) is 1. The van der Waals surface area contributed by atoms with Gasteiger partial charge >= 0.3 is 0 Å². The Labute approximate surface area is 122 Å². The lowest BCUT2D eigenvalue weighted by Gasteiger charge is -2.12. The van der Waals surface area contributed by atoms with Crippen LogP contribution < -0.4 is 0 Å². The van der Waals surface area contributed by atoms with Crippen molar-refractivity contribution < 1.29 is 5.11 Å². The summed E-state index contributed by atoms with van der Waals surface area (Å²) in [6, 6.07) is 10.5. The average molecular weight is 283 g/mol.